The Morgan fingerprint density at radius 2 is 1.97 bits per heavy atom. The predicted molar refractivity (Wildman–Crippen MR) is 124 cm³/mol. The van der Waals surface area contributed by atoms with Gasteiger partial charge in [0.05, 0.1) is 24.5 Å². The van der Waals surface area contributed by atoms with Crippen LogP contribution in [-0.4, -0.2) is 75.0 Å². The first kappa shape index (κ1) is 24.6. The van der Waals surface area contributed by atoms with Crippen LogP contribution in [0.25, 0.3) is 11.4 Å². The van der Waals surface area contributed by atoms with Crippen LogP contribution in [-0.2, 0) is 11.8 Å². The van der Waals surface area contributed by atoms with E-state index in [9.17, 15) is 18.4 Å². The number of carbonyl (C=O) groups is 2. The summed E-state index contributed by atoms with van der Waals surface area (Å²) in [7, 11) is 1.75. The number of rotatable bonds is 8. The van der Waals surface area contributed by atoms with Crippen LogP contribution in [0.1, 0.15) is 36.3 Å². The molecular formula is C24H28F2N6O3. The maximum atomic E-state index is 13.1. The van der Waals surface area contributed by atoms with E-state index in [-0.39, 0.29) is 50.3 Å². The highest BCUT2D eigenvalue weighted by molar-refractivity contribution is 6.01. The normalized spacial score (nSPS) is 17.8. The fraction of sp³-hybridized carbons (Fsp3) is 0.458. The second kappa shape index (κ2) is 9.65. The fourth-order valence-corrected chi connectivity index (χ4v) is 4.25. The molecule has 1 aliphatic heterocycles. The number of allylic oxidation sites excluding steroid dienone is 3. The van der Waals surface area contributed by atoms with E-state index in [0.717, 1.165) is 11.1 Å². The van der Waals surface area contributed by atoms with Gasteiger partial charge in [-0.05, 0) is 32.4 Å². The minimum absolute atomic E-state index is 0.0154. The first-order valence-corrected chi connectivity index (χ1v) is 11.3. The molecule has 11 heteroatoms. The number of aromatic nitrogens is 4. The van der Waals surface area contributed by atoms with Crippen molar-refractivity contribution in [1.29, 1.82) is 0 Å². The summed E-state index contributed by atoms with van der Waals surface area (Å²) >= 11 is 0. The van der Waals surface area contributed by atoms with Gasteiger partial charge in [-0.25, -0.2) is 8.78 Å². The van der Waals surface area contributed by atoms with E-state index >= 15 is 0 Å². The van der Waals surface area contributed by atoms with Gasteiger partial charge in [-0.15, -0.1) is 0 Å². The molecule has 0 bridgehead atoms. The van der Waals surface area contributed by atoms with E-state index < -0.39 is 11.8 Å². The Labute approximate surface area is 201 Å². The summed E-state index contributed by atoms with van der Waals surface area (Å²) in [5.41, 5.74) is 4.14. The summed E-state index contributed by atoms with van der Waals surface area (Å²) in [5.74, 6) is -3.14. The lowest BCUT2D eigenvalue weighted by atomic mass is 9.92. The zero-order valence-electron chi connectivity index (χ0n) is 20.2. The van der Waals surface area contributed by atoms with Crippen molar-refractivity contribution in [3.8, 4) is 17.4 Å². The van der Waals surface area contributed by atoms with Crippen LogP contribution in [0.5, 0.6) is 6.01 Å². The molecule has 0 aromatic carbocycles. The number of likely N-dealkylation sites (tertiary alicyclic amines) is 1. The number of halogens is 2. The number of amides is 1. The maximum absolute atomic E-state index is 13.1. The van der Waals surface area contributed by atoms with Gasteiger partial charge in [0.25, 0.3) is 11.8 Å². The summed E-state index contributed by atoms with van der Waals surface area (Å²) in [4.78, 5) is 35.9. The SMILES string of the molecule is CC1=CC(C)=C(CNC(=O)c2nc(OCCN3CC(F)(F)C3)nc(-c3ccnn3C)c2C)C(=O)C1. The minimum Gasteiger partial charge on any atom is -0.462 e. The van der Waals surface area contributed by atoms with Gasteiger partial charge in [0, 0.05) is 43.9 Å². The molecule has 2 aliphatic rings. The smallest absolute Gasteiger partial charge is 0.317 e. The number of aryl methyl sites for hydroxylation is 1. The van der Waals surface area contributed by atoms with Gasteiger partial charge in [-0.2, -0.15) is 15.1 Å². The highest BCUT2D eigenvalue weighted by atomic mass is 19.3. The molecule has 2 aromatic heterocycles. The molecule has 0 unspecified atom stereocenters. The molecule has 1 saturated heterocycles. The van der Waals surface area contributed by atoms with Crippen molar-refractivity contribution in [3.05, 3.63) is 46.3 Å². The zero-order valence-corrected chi connectivity index (χ0v) is 20.2. The fourth-order valence-electron chi connectivity index (χ4n) is 4.25. The van der Waals surface area contributed by atoms with Crippen molar-refractivity contribution < 1.29 is 23.1 Å². The molecule has 9 nitrogen and oxygen atoms in total. The van der Waals surface area contributed by atoms with E-state index in [1.807, 2.05) is 19.9 Å². The number of Topliss-reactive ketones (excluding diaryl/α,β-unsaturated/α-hetero) is 1. The molecule has 1 aliphatic carbocycles. The average Bonchev–Trinajstić information content (AvgIpc) is 3.18. The zero-order chi connectivity index (χ0) is 25.3. The molecule has 4 rings (SSSR count). The highest BCUT2D eigenvalue weighted by Gasteiger charge is 2.43. The van der Waals surface area contributed by atoms with Gasteiger partial charge in [0.15, 0.2) is 5.78 Å². The monoisotopic (exact) mass is 486 g/mol. The molecule has 0 saturated carbocycles. The third-order valence-corrected chi connectivity index (χ3v) is 6.09. The van der Waals surface area contributed by atoms with Crippen LogP contribution in [0.15, 0.2) is 35.1 Å². The highest BCUT2D eigenvalue weighted by Crippen LogP contribution is 2.27. The quantitative estimate of drug-likeness (QED) is 0.612. The van der Waals surface area contributed by atoms with Gasteiger partial charge in [0.2, 0.25) is 0 Å². The number of alkyl halides is 2. The van der Waals surface area contributed by atoms with E-state index in [4.69, 9.17) is 4.74 Å². The topological polar surface area (TPSA) is 102 Å². The number of nitrogens with zero attached hydrogens (tertiary/aromatic N) is 5. The molecule has 35 heavy (non-hydrogen) atoms. The Kier molecular flexibility index (Phi) is 6.79. The van der Waals surface area contributed by atoms with Crippen LogP contribution >= 0.6 is 0 Å². The Bertz CT molecular complexity index is 1230. The van der Waals surface area contributed by atoms with Crippen LogP contribution in [0, 0.1) is 6.92 Å². The lowest BCUT2D eigenvalue weighted by Crippen LogP contribution is -2.57. The Balaban J connectivity index is 1.54. The number of hydrogen-bond acceptors (Lipinski definition) is 7. The largest absolute Gasteiger partial charge is 0.462 e. The molecule has 1 N–H and O–H groups in total. The predicted octanol–water partition coefficient (Wildman–Crippen LogP) is 2.48. The Morgan fingerprint density at radius 1 is 1.23 bits per heavy atom. The summed E-state index contributed by atoms with van der Waals surface area (Å²) in [6.45, 7) is 5.33. The van der Waals surface area contributed by atoms with Crippen molar-refractivity contribution in [1.82, 2.24) is 30.0 Å². The van der Waals surface area contributed by atoms with Crippen LogP contribution in [0.2, 0.25) is 0 Å². The molecule has 1 amide bonds. The third kappa shape index (κ3) is 5.45. The van der Waals surface area contributed by atoms with Gasteiger partial charge >= 0.3 is 6.01 Å². The van der Waals surface area contributed by atoms with Crippen LogP contribution < -0.4 is 10.1 Å². The van der Waals surface area contributed by atoms with Gasteiger partial charge in [-0.3, -0.25) is 19.2 Å². The molecule has 186 valence electrons. The molecule has 1 fully saturated rings. The van der Waals surface area contributed by atoms with Gasteiger partial charge in [-0.1, -0.05) is 11.6 Å². The van der Waals surface area contributed by atoms with Crippen LogP contribution in [0.3, 0.4) is 0 Å². The Morgan fingerprint density at radius 3 is 2.60 bits per heavy atom. The molecule has 0 atom stereocenters. The third-order valence-electron chi connectivity index (χ3n) is 6.09. The number of ether oxygens (including phenoxy) is 1. The maximum Gasteiger partial charge on any atom is 0.317 e. The molecular weight excluding hydrogens is 458 g/mol. The number of nitrogens with one attached hydrogen (secondary N) is 1. The number of hydrogen-bond donors (Lipinski definition) is 1. The van der Waals surface area contributed by atoms with Crippen LogP contribution in [0.4, 0.5) is 8.78 Å². The second-order valence-corrected chi connectivity index (χ2v) is 9.02. The summed E-state index contributed by atoms with van der Waals surface area (Å²) in [6.07, 6.45) is 3.89. The lowest BCUT2D eigenvalue weighted by molar-refractivity contribution is -0.132. The standard InChI is InChI=1S/C24H28F2N6O3/c1-14-9-15(2)17(19(33)10-14)11-27-22(34)21-16(3)20(18-5-6-28-31(18)4)29-23(30-21)35-8-7-32-12-24(25,26)13-32/h5-6,9H,7-8,10-13H2,1-4H3,(H,27,34). The number of ketones is 1. The van der Waals surface area contributed by atoms with E-state index in [1.54, 1.807) is 35.8 Å². The van der Waals surface area contributed by atoms with Crippen molar-refractivity contribution in [3.63, 3.8) is 0 Å². The first-order valence-electron chi connectivity index (χ1n) is 11.3. The van der Waals surface area contributed by atoms with E-state index in [0.29, 0.717) is 28.9 Å². The summed E-state index contributed by atoms with van der Waals surface area (Å²) in [5, 5.41) is 6.96. The summed E-state index contributed by atoms with van der Waals surface area (Å²) in [6, 6.07) is 1.72. The van der Waals surface area contributed by atoms with Crippen molar-refractivity contribution in [2.75, 3.05) is 32.8 Å². The molecule has 3 heterocycles. The average molecular weight is 487 g/mol. The molecule has 0 spiro atoms. The van der Waals surface area contributed by atoms with Crippen molar-refractivity contribution >= 4 is 11.7 Å². The molecule has 0 radical (unpaired) electrons. The van der Waals surface area contributed by atoms with E-state index in [1.165, 1.54) is 0 Å². The molecule has 2 aromatic rings. The second-order valence-electron chi connectivity index (χ2n) is 9.02. The van der Waals surface area contributed by atoms with Gasteiger partial charge < -0.3 is 10.1 Å². The van der Waals surface area contributed by atoms with Crippen molar-refractivity contribution in [2.45, 2.75) is 33.1 Å². The number of carbonyl (C=O) groups excluding carboxylic acids is 2. The minimum atomic E-state index is -2.65. The van der Waals surface area contributed by atoms with Gasteiger partial charge in [0.1, 0.15) is 12.3 Å². The van der Waals surface area contributed by atoms with E-state index in [2.05, 4.69) is 20.4 Å². The van der Waals surface area contributed by atoms with Crippen molar-refractivity contribution in [2.24, 2.45) is 7.05 Å². The Hall–Kier alpha value is -3.47. The summed E-state index contributed by atoms with van der Waals surface area (Å²) < 4.78 is 33.4. The lowest BCUT2D eigenvalue weighted by Gasteiger charge is -2.38. The first-order chi connectivity index (χ1) is 16.5.